The minimum absolute atomic E-state index is 0.205. The van der Waals surface area contributed by atoms with Gasteiger partial charge in [-0.3, -0.25) is 4.90 Å². The number of pyridine rings is 1. The molecule has 3 aromatic heterocycles. The van der Waals surface area contributed by atoms with Gasteiger partial charge in [-0.25, -0.2) is 19.3 Å². The van der Waals surface area contributed by atoms with E-state index in [4.69, 9.17) is 0 Å². The molecule has 10 nitrogen and oxygen atoms in total. The van der Waals surface area contributed by atoms with Crippen molar-refractivity contribution in [1.82, 2.24) is 29.9 Å². The first-order chi connectivity index (χ1) is 15.0. The Morgan fingerprint density at radius 2 is 2.10 bits per heavy atom. The zero-order chi connectivity index (χ0) is 21.2. The zero-order valence-electron chi connectivity index (χ0n) is 17.7. The van der Waals surface area contributed by atoms with E-state index >= 15 is 0 Å². The molecule has 160 valence electrons. The first-order valence-electron chi connectivity index (χ1n) is 10.8. The van der Waals surface area contributed by atoms with E-state index in [9.17, 15) is 4.79 Å². The summed E-state index contributed by atoms with van der Waals surface area (Å²) < 4.78 is 1.59. The van der Waals surface area contributed by atoms with Crippen LogP contribution in [0, 0.1) is 13.8 Å². The van der Waals surface area contributed by atoms with E-state index in [-0.39, 0.29) is 6.03 Å². The van der Waals surface area contributed by atoms with Gasteiger partial charge in [-0.05, 0) is 39.2 Å². The molecule has 5 heterocycles. The van der Waals surface area contributed by atoms with E-state index in [0.717, 1.165) is 37.4 Å². The molecule has 3 aliphatic rings. The number of aryl methyl sites for hydroxylation is 2. The lowest BCUT2D eigenvalue weighted by molar-refractivity contribution is 0.257. The first-order valence-corrected chi connectivity index (χ1v) is 10.8. The highest BCUT2D eigenvalue weighted by molar-refractivity contribution is 6.03. The molecule has 2 aliphatic heterocycles. The van der Waals surface area contributed by atoms with Gasteiger partial charge in [-0.2, -0.15) is 10.1 Å². The number of nitrogens with zero attached hydrogens (tertiary/aromatic N) is 7. The fourth-order valence-corrected chi connectivity index (χ4v) is 4.73. The van der Waals surface area contributed by atoms with E-state index in [1.807, 2.05) is 20.0 Å². The van der Waals surface area contributed by atoms with Gasteiger partial charge in [0.15, 0.2) is 0 Å². The Morgan fingerprint density at radius 3 is 2.94 bits per heavy atom. The van der Waals surface area contributed by atoms with Crippen LogP contribution in [0.15, 0.2) is 18.5 Å². The van der Waals surface area contributed by atoms with Crippen LogP contribution in [-0.4, -0.2) is 62.3 Å². The predicted octanol–water partition coefficient (Wildman–Crippen LogP) is 1.67. The van der Waals surface area contributed by atoms with Gasteiger partial charge < -0.3 is 15.5 Å². The number of urea groups is 1. The summed E-state index contributed by atoms with van der Waals surface area (Å²) in [5, 5.41) is 10.9. The lowest BCUT2D eigenvalue weighted by Crippen LogP contribution is -2.52. The Bertz CT molecular complexity index is 1200. The van der Waals surface area contributed by atoms with Gasteiger partial charge in [0.25, 0.3) is 5.78 Å². The quantitative estimate of drug-likeness (QED) is 0.651. The molecule has 0 atom stereocenters. The van der Waals surface area contributed by atoms with Crippen molar-refractivity contribution in [3.63, 3.8) is 0 Å². The van der Waals surface area contributed by atoms with Crippen molar-refractivity contribution in [2.45, 2.75) is 38.6 Å². The Hall–Kier alpha value is -3.27. The second kappa shape index (κ2) is 6.61. The number of hydrogen-bond acceptors (Lipinski definition) is 7. The Balaban J connectivity index is 1.26. The first kappa shape index (κ1) is 18.5. The van der Waals surface area contributed by atoms with Crippen molar-refractivity contribution in [2.24, 2.45) is 0 Å². The van der Waals surface area contributed by atoms with Gasteiger partial charge in [-0.15, -0.1) is 0 Å². The molecule has 3 aromatic rings. The van der Waals surface area contributed by atoms with Crippen molar-refractivity contribution < 1.29 is 4.79 Å². The molecule has 0 bridgehead atoms. The SMILES string of the molecule is Cc1nc2nc(C)c(NC(=O)N3CCc4c(N5CCNC6(CC6)C5)ccnc43)cn2n1. The fourth-order valence-electron chi connectivity index (χ4n) is 4.73. The highest BCUT2D eigenvalue weighted by Crippen LogP contribution is 2.41. The lowest BCUT2D eigenvalue weighted by atomic mass is 10.1. The number of aromatic nitrogens is 5. The fraction of sp³-hybridized carbons (Fsp3) is 0.476. The number of hydrogen-bond donors (Lipinski definition) is 2. The third-order valence-corrected chi connectivity index (χ3v) is 6.53. The number of rotatable bonds is 2. The number of piperazine rings is 1. The molecule has 1 aliphatic carbocycles. The van der Waals surface area contributed by atoms with Crippen LogP contribution in [0.25, 0.3) is 5.78 Å². The number of carbonyl (C=O) groups excluding carboxylic acids is 1. The normalized spacial score (nSPS) is 19.2. The van der Waals surface area contributed by atoms with Gasteiger partial charge in [0.1, 0.15) is 11.6 Å². The van der Waals surface area contributed by atoms with E-state index in [2.05, 4.69) is 41.7 Å². The summed E-state index contributed by atoms with van der Waals surface area (Å²) in [5.41, 5.74) is 3.99. The summed E-state index contributed by atoms with van der Waals surface area (Å²) in [6.07, 6.45) is 6.87. The summed E-state index contributed by atoms with van der Waals surface area (Å²) >= 11 is 0. The minimum Gasteiger partial charge on any atom is -0.368 e. The summed E-state index contributed by atoms with van der Waals surface area (Å²) in [6, 6.07) is 1.89. The number of amides is 2. The van der Waals surface area contributed by atoms with Gasteiger partial charge >= 0.3 is 6.03 Å². The largest absolute Gasteiger partial charge is 0.368 e. The van der Waals surface area contributed by atoms with Gasteiger partial charge in [0.2, 0.25) is 0 Å². The van der Waals surface area contributed by atoms with E-state index in [0.29, 0.717) is 35.1 Å². The summed E-state index contributed by atoms with van der Waals surface area (Å²) in [7, 11) is 0. The maximum absolute atomic E-state index is 13.1. The van der Waals surface area contributed by atoms with Crippen LogP contribution in [0.2, 0.25) is 0 Å². The summed E-state index contributed by atoms with van der Waals surface area (Å²) in [4.78, 5) is 30.6. The second-order valence-corrected chi connectivity index (χ2v) is 8.74. The maximum atomic E-state index is 13.1. The molecule has 0 aromatic carbocycles. The Kier molecular flexibility index (Phi) is 3.95. The lowest BCUT2D eigenvalue weighted by Gasteiger charge is -2.36. The molecule has 2 amide bonds. The molecule has 1 saturated heterocycles. The molecule has 0 unspecified atom stereocenters. The molecular formula is C21H25N9O. The molecule has 1 saturated carbocycles. The van der Waals surface area contributed by atoms with Crippen molar-refractivity contribution in [2.75, 3.05) is 41.3 Å². The standard InChI is InChI=1S/C21H25N9O/c1-13-16(11-30-19(24-13)25-14(2)27-30)26-20(31)29-9-4-15-17(3-7-22-18(15)29)28-10-8-23-21(12-28)5-6-21/h3,7,11,23H,4-6,8-10,12H2,1-2H3,(H,26,31). The molecule has 0 radical (unpaired) electrons. The highest BCUT2D eigenvalue weighted by atomic mass is 16.2. The molecule has 31 heavy (non-hydrogen) atoms. The van der Waals surface area contributed by atoms with Crippen LogP contribution in [-0.2, 0) is 6.42 Å². The number of carbonyl (C=O) groups is 1. The van der Waals surface area contributed by atoms with Gasteiger partial charge in [0, 0.05) is 49.2 Å². The van der Waals surface area contributed by atoms with Gasteiger partial charge in [0.05, 0.1) is 17.6 Å². The summed E-state index contributed by atoms with van der Waals surface area (Å²) in [6.45, 7) is 7.28. The van der Waals surface area contributed by atoms with E-state index < -0.39 is 0 Å². The Labute approximate surface area is 179 Å². The van der Waals surface area contributed by atoms with Crippen molar-refractivity contribution in [3.05, 3.63) is 35.5 Å². The van der Waals surface area contributed by atoms with Crippen molar-refractivity contribution >= 4 is 29.0 Å². The predicted molar refractivity (Wildman–Crippen MR) is 117 cm³/mol. The van der Waals surface area contributed by atoms with Crippen molar-refractivity contribution in [3.8, 4) is 0 Å². The van der Waals surface area contributed by atoms with Crippen LogP contribution in [0.5, 0.6) is 0 Å². The molecule has 1 spiro atoms. The summed E-state index contributed by atoms with van der Waals surface area (Å²) in [5.74, 6) is 1.92. The average molecular weight is 419 g/mol. The topological polar surface area (TPSA) is 104 Å². The number of fused-ring (bicyclic) bond motifs is 2. The van der Waals surface area contributed by atoms with Crippen LogP contribution < -0.4 is 20.4 Å². The second-order valence-electron chi connectivity index (χ2n) is 8.74. The molecular weight excluding hydrogens is 394 g/mol. The number of anilines is 3. The van der Waals surface area contributed by atoms with E-state index in [1.165, 1.54) is 18.5 Å². The van der Waals surface area contributed by atoms with Crippen LogP contribution in [0.3, 0.4) is 0 Å². The van der Waals surface area contributed by atoms with Crippen molar-refractivity contribution in [1.29, 1.82) is 0 Å². The zero-order valence-corrected chi connectivity index (χ0v) is 17.7. The van der Waals surface area contributed by atoms with Crippen LogP contribution in [0.4, 0.5) is 22.0 Å². The molecule has 10 heteroatoms. The molecule has 2 N–H and O–H groups in total. The third-order valence-electron chi connectivity index (χ3n) is 6.53. The maximum Gasteiger partial charge on any atom is 0.327 e. The minimum atomic E-state index is -0.205. The third kappa shape index (κ3) is 3.09. The monoisotopic (exact) mass is 419 g/mol. The van der Waals surface area contributed by atoms with Crippen LogP contribution in [0.1, 0.15) is 29.9 Å². The number of nitrogens with one attached hydrogen (secondary N) is 2. The average Bonchev–Trinajstić information content (AvgIpc) is 3.18. The highest BCUT2D eigenvalue weighted by Gasteiger charge is 2.46. The Morgan fingerprint density at radius 1 is 1.23 bits per heavy atom. The van der Waals surface area contributed by atoms with E-state index in [1.54, 1.807) is 15.6 Å². The smallest absolute Gasteiger partial charge is 0.327 e. The van der Waals surface area contributed by atoms with Gasteiger partial charge in [-0.1, -0.05) is 0 Å². The van der Waals surface area contributed by atoms with Crippen LogP contribution >= 0.6 is 0 Å². The molecule has 6 rings (SSSR count). The molecule has 2 fully saturated rings.